The zero-order valence-electron chi connectivity index (χ0n) is 18.8. The number of hydrogen-bond acceptors (Lipinski definition) is 4. The fourth-order valence-electron chi connectivity index (χ4n) is 4.43. The highest BCUT2D eigenvalue weighted by Crippen LogP contribution is 2.31. The van der Waals surface area contributed by atoms with Crippen molar-refractivity contribution >= 4 is 55.5 Å². The van der Waals surface area contributed by atoms with E-state index in [9.17, 15) is 13.2 Å². The Morgan fingerprint density at radius 3 is 2.26 bits per heavy atom. The van der Waals surface area contributed by atoms with Crippen LogP contribution in [0.1, 0.15) is 0 Å². The maximum absolute atomic E-state index is 13.4. The average Bonchev–Trinajstić information content (AvgIpc) is 3.23. The summed E-state index contributed by atoms with van der Waals surface area (Å²) in [7, 11) is -3.79. The highest BCUT2D eigenvalue weighted by Gasteiger charge is 2.26. The molecule has 0 radical (unpaired) electrons. The number of benzene rings is 3. The molecule has 5 rings (SSSR count). The Morgan fingerprint density at radius 2 is 1.54 bits per heavy atom. The Labute approximate surface area is 214 Å². The second-order valence-corrected chi connectivity index (χ2v) is 11.2. The number of para-hydroxylation sites is 1. The molecule has 1 aromatic heterocycles. The van der Waals surface area contributed by atoms with Crippen molar-refractivity contribution in [3.8, 4) is 0 Å². The molecule has 0 bridgehead atoms. The van der Waals surface area contributed by atoms with Crippen LogP contribution in [0.15, 0.2) is 88.8 Å². The number of carbonyl (C=O) groups is 1. The van der Waals surface area contributed by atoms with Gasteiger partial charge in [-0.25, -0.2) is 8.42 Å². The van der Waals surface area contributed by atoms with Gasteiger partial charge in [-0.1, -0.05) is 47.5 Å². The molecule has 1 amide bonds. The van der Waals surface area contributed by atoms with Crippen LogP contribution >= 0.6 is 23.2 Å². The van der Waals surface area contributed by atoms with Crippen molar-refractivity contribution in [2.75, 3.05) is 31.1 Å². The maximum Gasteiger partial charge on any atom is 0.242 e. The summed E-state index contributed by atoms with van der Waals surface area (Å²) < 4.78 is 28.5. The number of nitrogens with zero attached hydrogens (tertiary/aromatic N) is 3. The van der Waals surface area contributed by atoms with E-state index in [1.807, 2.05) is 41.3 Å². The summed E-state index contributed by atoms with van der Waals surface area (Å²) in [4.78, 5) is 17.5. The molecule has 1 aliphatic rings. The first-order valence-electron chi connectivity index (χ1n) is 11.2. The van der Waals surface area contributed by atoms with Crippen LogP contribution in [0.4, 0.5) is 5.69 Å². The van der Waals surface area contributed by atoms with Crippen LogP contribution in [0.5, 0.6) is 0 Å². The summed E-state index contributed by atoms with van der Waals surface area (Å²) in [6.45, 7) is 2.64. The number of fused-ring (bicyclic) bond motifs is 1. The van der Waals surface area contributed by atoms with E-state index in [-0.39, 0.29) is 22.2 Å². The summed E-state index contributed by atoms with van der Waals surface area (Å²) in [5.41, 5.74) is 1.74. The molecule has 0 saturated carbocycles. The van der Waals surface area contributed by atoms with Crippen molar-refractivity contribution in [2.45, 2.75) is 16.3 Å². The molecule has 35 heavy (non-hydrogen) atoms. The van der Waals surface area contributed by atoms with Gasteiger partial charge in [0.05, 0.1) is 9.79 Å². The zero-order chi connectivity index (χ0) is 24.6. The number of anilines is 1. The Morgan fingerprint density at radius 1 is 0.829 bits per heavy atom. The molecule has 1 aliphatic heterocycles. The fourth-order valence-corrected chi connectivity index (χ4v) is 6.22. The predicted octanol–water partition coefficient (Wildman–Crippen LogP) is 5.13. The Bertz CT molecular complexity index is 1490. The monoisotopic (exact) mass is 527 g/mol. The van der Waals surface area contributed by atoms with Crippen LogP contribution in [0, 0.1) is 0 Å². The summed E-state index contributed by atoms with van der Waals surface area (Å²) in [6.07, 6.45) is 1.56. The normalized spacial score (nSPS) is 14.5. The molecule has 6 nitrogen and oxygen atoms in total. The van der Waals surface area contributed by atoms with Gasteiger partial charge < -0.3 is 14.4 Å². The van der Waals surface area contributed by atoms with Crippen molar-refractivity contribution in [1.82, 2.24) is 9.47 Å². The molecule has 0 N–H and O–H groups in total. The number of piperazine rings is 1. The van der Waals surface area contributed by atoms with E-state index in [0.717, 1.165) is 5.69 Å². The quantitative estimate of drug-likeness (QED) is 0.361. The summed E-state index contributed by atoms with van der Waals surface area (Å²) >= 11 is 12.1. The highest BCUT2D eigenvalue weighted by molar-refractivity contribution is 7.91. The van der Waals surface area contributed by atoms with Crippen LogP contribution < -0.4 is 4.90 Å². The molecule has 1 fully saturated rings. The molecule has 0 unspecified atom stereocenters. The van der Waals surface area contributed by atoms with Crippen molar-refractivity contribution in [1.29, 1.82) is 0 Å². The van der Waals surface area contributed by atoms with Crippen LogP contribution in [0.3, 0.4) is 0 Å². The van der Waals surface area contributed by atoms with E-state index in [0.29, 0.717) is 47.1 Å². The molecule has 2 heterocycles. The predicted molar refractivity (Wildman–Crippen MR) is 139 cm³/mol. The van der Waals surface area contributed by atoms with Gasteiger partial charge in [-0.15, -0.1) is 0 Å². The largest absolute Gasteiger partial charge is 0.368 e. The van der Waals surface area contributed by atoms with Gasteiger partial charge in [0.15, 0.2) is 0 Å². The maximum atomic E-state index is 13.4. The van der Waals surface area contributed by atoms with Gasteiger partial charge >= 0.3 is 0 Å². The van der Waals surface area contributed by atoms with Gasteiger partial charge in [0.2, 0.25) is 15.7 Å². The fraction of sp³-hybridized carbons (Fsp3) is 0.192. The lowest BCUT2D eigenvalue weighted by molar-refractivity contribution is -0.132. The second kappa shape index (κ2) is 9.57. The molecule has 0 atom stereocenters. The van der Waals surface area contributed by atoms with Gasteiger partial charge in [-0.2, -0.15) is 0 Å². The van der Waals surface area contributed by atoms with E-state index >= 15 is 0 Å². The lowest BCUT2D eigenvalue weighted by atomic mass is 10.2. The average molecular weight is 528 g/mol. The van der Waals surface area contributed by atoms with Gasteiger partial charge in [-0.3, -0.25) is 4.79 Å². The van der Waals surface area contributed by atoms with Crippen LogP contribution in [-0.4, -0.2) is 50.0 Å². The number of hydrogen-bond donors (Lipinski definition) is 0. The van der Waals surface area contributed by atoms with Gasteiger partial charge in [0, 0.05) is 59.0 Å². The third-order valence-corrected chi connectivity index (χ3v) is 8.56. The lowest BCUT2D eigenvalue weighted by Crippen LogP contribution is -2.49. The van der Waals surface area contributed by atoms with Crippen molar-refractivity contribution in [3.63, 3.8) is 0 Å². The van der Waals surface area contributed by atoms with Gasteiger partial charge in [-0.05, 0) is 48.5 Å². The number of rotatable bonds is 5. The third-order valence-electron chi connectivity index (χ3n) is 6.28. The summed E-state index contributed by atoms with van der Waals surface area (Å²) in [5, 5.41) is 1.73. The lowest BCUT2D eigenvalue weighted by Gasteiger charge is -2.36. The van der Waals surface area contributed by atoms with Crippen LogP contribution in [-0.2, 0) is 21.2 Å². The Hall–Kier alpha value is -3.00. The van der Waals surface area contributed by atoms with E-state index in [4.69, 9.17) is 23.2 Å². The van der Waals surface area contributed by atoms with Crippen molar-refractivity contribution in [3.05, 3.63) is 89.0 Å². The standard InChI is InChI=1S/C26H23Cl2N3O3S/c27-19-8-10-22(11-9-19)35(33,34)25-17-31(24-7-2-1-6-23(24)25)18-26(32)30-14-12-29(13-15-30)21-5-3-4-20(28)16-21/h1-11,16-17H,12-15,18H2. The SMILES string of the molecule is O=C(Cn1cc(S(=O)(=O)c2ccc(Cl)cc2)c2ccccc21)N1CCN(c2cccc(Cl)c2)CC1. The summed E-state index contributed by atoms with van der Waals surface area (Å²) in [5.74, 6) is -0.0491. The topological polar surface area (TPSA) is 62.6 Å². The number of carbonyl (C=O) groups excluding carboxylic acids is 1. The zero-order valence-corrected chi connectivity index (χ0v) is 21.1. The highest BCUT2D eigenvalue weighted by atomic mass is 35.5. The second-order valence-electron chi connectivity index (χ2n) is 8.44. The molecular weight excluding hydrogens is 505 g/mol. The number of aromatic nitrogens is 1. The Balaban J connectivity index is 1.36. The smallest absolute Gasteiger partial charge is 0.242 e. The Kier molecular flexibility index (Phi) is 6.49. The molecule has 0 spiro atoms. The number of amides is 1. The van der Waals surface area contributed by atoms with Gasteiger partial charge in [0.1, 0.15) is 6.54 Å². The summed E-state index contributed by atoms with van der Waals surface area (Å²) in [6, 6.07) is 21.0. The van der Waals surface area contributed by atoms with Crippen molar-refractivity contribution in [2.24, 2.45) is 0 Å². The minimum atomic E-state index is -3.79. The first-order valence-corrected chi connectivity index (χ1v) is 13.4. The molecule has 1 saturated heterocycles. The first-order chi connectivity index (χ1) is 16.8. The molecular formula is C26H23Cl2N3O3S. The van der Waals surface area contributed by atoms with Crippen LogP contribution in [0.2, 0.25) is 10.0 Å². The molecule has 4 aromatic rings. The minimum Gasteiger partial charge on any atom is -0.368 e. The molecule has 9 heteroatoms. The molecule has 3 aromatic carbocycles. The van der Waals surface area contributed by atoms with E-state index in [2.05, 4.69) is 4.90 Å². The minimum absolute atomic E-state index is 0.0491. The molecule has 180 valence electrons. The van der Waals surface area contributed by atoms with E-state index in [1.54, 1.807) is 35.0 Å². The first kappa shape index (κ1) is 23.7. The van der Waals surface area contributed by atoms with Gasteiger partial charge in [0.25, 0.3) is 0 Å². The van der Waals surface area contributed by atoms with E-state index < -0.39 is 9.84 Å². The van der Waals surface area contributed by atoms with E-state index in [1.165, 1.54) is 12.1 Å². The third kappa shape index (κ3) is 4.76. The number of halogens is 2. The number of sulfone groups is 1. The van der Waals surface area contributed by atoms with Crippen LogP contribution in [0.25, 0.3) is 10.9 Å². The molecule has 0 aliphatic carbocycles. The van der Waals surface area contributed by atoms with Crippen molar-refractivity contribution < 1.29 is 13.2 Å².